The fourth-order valence-electron chi connectivity index (χ4n) is 2.91. The van der Waals surface area contributed by atoms with Gasteiger partial charge < -0.3 is 14.2 Å². The summed E-state index contributed by atoms with van der Waals surface area (Å²) in [5.74, 6) is -1.15. The molecule has 8 nitrogen and oxygen atoms in total. The number of aryl methyl sites for hydroxylation is 3. The topological polar surface area (TPSA) is 105 Å². The van der Waals surface area contributed by atoms with Crippen LogP contribution in [0.1, 0.15) is 44.3 Å². The minimum absolute atomic E-state index is 0.102. The number of hydrogen-bond acceptors (Lipinski definition) is 7. The summed E-state index contributed by atoms with van der Waals surface area (Å²) in [4.78, 5) is 36.1. The van der Waals surface area contributed by atoms with E-state index in [4.69, 9.17) is 14.2 Å². The number of benzene rings is 2. The van der Waals surface area contributed by atoms with E-state index >= 15 is 0 Å². The van der Waals surface area contributed by atoms with E-state index in [1.165, 1.54) is 21.1 Å². The number of methoxy groups -OCH3 is 2. The molecule has 0 unspecified atom stereocenters. The SMILES string of the molecule is COc1cc(C(=O)O[C@H](C)C(=O)c2cc(C)c(C)cc2C)c([N+](=O)[O-])cc1OC. The smallest absolute Gasteiger partial charge is 0.346 e. The van der Waals surface area contributed by atoms with Gasteiger partial charge in [-0.15, -0.1) is 0 Å². The molecule has 0 aromatic heterocycles. The number of nitro benzene ring substituents is 1. The molecule has 0 fully saturated rings. The van der Waals surface area contributed by atoms with Gasteiger partial charge in [0.05, 0.1) is 25.2 Å². The third-order valence-corrected chi connectivity index (χ3v) is 4.68. The quantitative estimate of drug-likeness (QED) is 0.299. The molecule has 0 bridgehead atoms. The molecule has 0 radical (unpaired) electrons. The Labute approximate surface area is 168 Å². The highest BCUT2D eigenvalue weighted by atomic mass is 16.6. The first-order valence-corrected chi connectivity index (χ1v) is 8.84. The van der Waals surface area contributed by atoms with Crippen LogP contribution in [0, 0.1) is 30.9 Å². The minimum atomic E-state index is -1.13. The van der Waals surface area contributed by atoms with Gasteiger partial charge in [0.15, 0.2) is 17.6 Å². The first-order valence-electron chi connectivity index (χ1n) is 8.84. The van der Waals surface area contributed by atoms with Crippen LogP contribution in [0.4, 0.5) is 5.69 Å². The average Bonchev–Trinajstić information content (AvgIpc) is 2.68. The number of esters is 1. The number of carbonyl (C=O) groups is 2. The molecule has 2 rings (SSSR count). The van der Waals surface area contributed by atoms with Crippen molar-refractivity contribution in [3.8, 4) is 11.5 Å². The van der Waals surface area contributed by atoms with Crippen molar-refractivity contribution in [1.29, 1.82) is 0 Å². The zero-order valence-corrected chi connectivity index (χ0v) is 17.2. The van der Waals surface area contributed by atoms with Gasteiger partial charge in [-0.25, -0.2) is 4.79 Å². The van der Waals surface area contributed by atoms with E-state index < -0.39 is 22.7 Å². The number of ketones is 1. The maximum absolute atomic E-state index is 12.8. The first-order chi connectivity index (χ1) is 13.6. The van der Waals surface area contributed by atoms with Gasteiger partial charge in [-0.2, -0.15) is 0 Å². The lowest BCUT2D eigenvalue weighted by Crippen LogP contribution is -2.25. The van der Waals surface area contributed by atoms with E-state index in [1.54, 1.807) is 13.0 Å². The molecule has 1 atom stereocenters. The van der Waals surface area contributed by atoms with E-state index in [9.17, 15) is 19.7 Å². The lowest BCUT2D eigenvalue weighted by atomic mass is 9.96. The highest BCUT2D eigenvalue weighted by Crippen LogP contribution is 2.35. The van der Waals surface area contributed by atoms with Gasteiger partial charge in [0.25, 0.3) is 5.69 Å². The van der Waals surface area contributed by atoms with Crippen LogP contribution < -0.4 is 9.47 Å². The fourth-order valence-corrected chi connectivity index (χ4v) is 2.91. The number of ether oxygens (including phenoxy) is 3. The van der Waals surface area contributed by atoms with Crippen LogP contribution >= 0.6 is 0 Å². The van der Waals surface area contributed by atoms with Crippen LogP contribution in [-0.4, -0.2) is 37.0 Å². The Morgan fingerprint density at radius 3 is 2.00 bits per heavy atom. The largest absolute Gasteiger partial charge is 0.493 e. The second-order valence-electron chi connectivity index (χ2n) is 6.64. The number of hydrogen-bond donors (Lipinski definition) is 0. The number of nitrogens with zero attached hydrogens (tertiary/aromatic N) is 1. The summed E-state index contributed by atoms with van der Waals surface area (Å²) in [5.41, 5.74) is 2.35. The van der Waals surface area contributed by atoms with E-state index in [1.807, 2.05) is 19.9 Å². The van der Waals surface area contributed by atoms with Crippen LogP contribution in [0.25, 0.3) is 0 Å². The molecule has 0 aliphatic carbocycles. The van der Waals surface area contributed by atoms with Crippen molar-refractivity contribution in [2.45, 2.75) is 33.8 Å². The lowest BCUT2D eigenvalue weighted by molar-refractivity contribution is -0.385. The van der Waals surface area contributed by atoms with Gasteiger partial charge in [-0.05, 0) is 50.5 Å². The molecular formula is C21H23NO7. The van der Waals surface area contributed by atoms with Crippen molar-refractivity contribution in [3.05, 3.63) is 62.2 Å². The molecule has 0 saturated carbocycles. The zero-order valence-electron chi connectivity index (χ0n) is 17.2. The van der Waals surface area contributed by atoms with E-state index in [0.717, 1.165) is 28.8 Å². The normalized spacial score (nSPS) is 11.5. The average molecular weight is 401 g/mol. The van der Waals surface area contributed by atoms with Gasteiger partial charge in [0.2, 0.25) is 5.78 Å². The fraction of sp³-hybridized carbons (Fsp3) is 0.333. The van der Waals surface area contributed by atoms with Crippen molar-refractivity contribution >= 4 is 17.4 Å². The molecule has 0 saturated heterocycles. The number of rotatable bonds is 7. The van der Waals surface area contributed by atoms with Crippen molar-refractivity contribution in [2.75, 3.05) is 14.2 Å². The maximum Gasteiger partial charge on any atom is 0.346 e. The summed E-state index contributed by atoms with van der Waals surface area (Å²) in [6, 6.07) is 5.87. The van der Waals surface area contributed by atoms with Crippen LogP contribution in [0.15, 0.2) is 24.3 Å². The third-order valence-electron chi connectivity index (χ3n) is 4.68. The van der Waals surface area contributed by atoms with E-state index in [-0.39, 0.29) is 22.8 Å². The lowest BCUT2D eigenvalue weighted by Gasteiger charge is -2.16. The zero-order chi connectivity index (χ0) is 21.9. The predicted octanol–water partition coefficient (Wildman–Crippen LogP) is 3.97. The number of nitro groups is 1. The molecule has 0 aliphatic heterocycles. The van der Waals surface area contributed by atoms with Gasteiger partial charge in [0.1, 0.15) is 5.56 Å². The standard InChI is InChI=1S/C21H23NO7/c1-11-7-13(3)15(8-12(11)2)20(23)14(4)29-21(24)16-9-18(27-5)19(28-6)10-17(16)22(25)26/h7-10,14H,1-6H3/t14-/m1/s1. The van der Waals surface area contributed by atoms with Crippen LogP contribution in [0.3, 0.4) is 0 Å². The van der Waals surface area contributed by atoms with Gasteiger partial charge in [-0.1, -0.05) is 6.07 Å². The monoisotopic (exact) mass is 401 g/mol. The van der Waals surface area contributed by atoms with Gasteiger partial charge in [0, 0.05) is 11.6 Å². The van der Waals surface area contributed by atoms with Crippen LogP contribution in [0.5, 0.6) is 11.5 Å². The Morgan fingerprint density at radius 2 is 1.45 bits per heavy atom. The third kappa shape index (κ3) is 4.53. The molecule has 0 aliphatic rings. The summed E-state index contributed by atoms with van der Waals surface area (Å²) in [6.45, 7) is 7.06. The maximum atomic E-state index is 12.8. The van der Waals surface area contributed by atoms with Gasteiger partial charge in [-0.3, -0.25) is 14.9 Å². The Morgan fingerprint density at radius 1 is 0.897 bits per heavy atom. The van der Waals surface area contributed by atoms with Crippen molar-refractivity contribution in [1.82, 2.24) is 0 Å². The molecule has 0 N–H and O–H groups in total. The summed E-state index contributed by atoms with van der Waals surface area (Å²) < 4.78 is 15.4. The van der Waals surface area contributed by atoms with Gasteiger partial charge >= 0.3 is 5.97 Å². The Balaban J connectivity index is 2.35. The summed E-state index contributed by atoms with van der Waals surface area (Å²) >= 11 is 0. The van der Waals surface area contributed by atoms with Crippen molar-refractivity contribution in [2.24, 2.45) is 0 Å². The number of carbonyl (C=O) groups excluding carboxylic acids is 2. The summed E-state index contributed by atoms with van der Waals surface area (Å²) in [7, 11) is 2.67. The van der Waals surface area contributed by atoms with Crippen LogP contribution in [-0.2, 0) is 4.74 Å². The molecule has 154 valence electrons. The molecule has 0 spiro atoms. The Kier molecular flexibility index (Phi) is 6.58. The Hall–Kier alpha value is -3.42. The summed E-state index contributed by atoms with van der Waals surface area (Å²) in [6.07, 6.45) is -1.13. The van der Waals surface area contributed by atoms with E-state index in [2.05, 4.69) is 0 Å². The highest BCUT2D eigenvalue weighted by molar-refractivity contribution is 6.03. The minimum Gasteiger partial charge on any atom is -0.493 e. The van der Waals surface area contributed by atoms with E-state index in [0.29, 0.717) is 5.56 Å². The summed E-state index contributed by atoms with van der Waals surface area (Å²) in [5, 5.41) is 11.4. The second-order valence-corrected chi connectivity index (χ2v) is 6.64. The van der Waals surface area contributed by atoms with Crippen LogP contribution in [0.2, 0.25) is 0 Å². The molecule has 2 aromatic carbocycles. The second kappa shape index (κ2) is 8.72. The predicted molar refractivity (Wildman–Crippen MR) is 106 cm³/mol. The molecule has 8 heteroatoms. The molecule has 29 heavy (non-hydrogen) atoms. The molecule has 2 aromatic rings. The number of Topliss-reactive ketones (excluding diaryl/α,β-unsaturated/α-hetero) is 1. The van der Waals surface area contributed by atoms with Crippen molar-refractivity contribution in [3.63, 3.8) is 0 Å². The highest BCUT2D eigenvalue weighted by Gasteiger charge is 2.29. The molecular weight excluding hydrogens is 378 g/mol. The molecule has 0 amide bonds. The molecule has 0 heterocycles. The first kappa shape index (κ1) is 21.9. The Bertz CT molecular complexity index is 981. The van der Waals surface area contributed by atoms with Crippen molar-refractivity contribution < 1.29 is 28.7 Å².